The summed E-state index contributed by atoms with van der Waals surface area (Å²) in [6, 6.07) is 8.94. The number of hydrogen-bond donors (Lipinski definition) is 0. The van der Waals surface area contributed by atoms with Gasteiger partial charge in [0.2, 0.25) is 10.0 Å². The number of sulfonamides is 1. The summed E-state index contributed by atoms with van der Waals surface area (Å²) in [5.74, 6) is 0.854. The summed E-state index contributed by atoms with van der Waals surface area (Å²) in [5.41, 5.74) is 4.24. The number of imidazole rings is 1. The van der Waals surface area contributed by atoms with Crippen molar-refractivity contribution in [3.8, 4) is 11.3 Å². The predicted molar refractivity (Wildman–Crippen MR) is 144 cm³/mol. The highest BCUT2D eigenvalue weighted by Crippen LogP contribution is 2.36. The lowest BCUT2D eigenvalue weighted by Crippen LogP contribution is -2.33. The number of benzene rings is 1. The van der Waals surface area contributed by atoms with E-state index < -0.39 is 21.8 Å². The second kappa shape index (κ2) is 9.83. The number of halogens is 3. The maximum atomic E-state index is 12.9. The Morgan fingerprint density at radius 1 is 1.08 bits per heavy atom. The lowest BCUT2D eigenvalue weighted by Gasteiger charge is -2.24. The summed E-state index contributed by atoms with van der Waals surface area (Å²) in [6.45, 7) is 2.80. The summed E-state index contributed by atoms with van der Waals surface area (Å²) in [4.78, 5) is 11.4. The second-order valence-electron chi connectivity index (χ2n) is 9.13. The lowest BCUT2D eigenvalue weighted by atomic mass is 10.0. The van der Waals surface area contributed by atoms with Gasteiger partial charge < -0.3 is 4.90 Å². The largest absolute Gasteiger partial charge is 0.416 e. The Hall–Kier alpha value is -3.22. The molecular formula is C26H26F3N5O2S2. The van der Waals surface area contributed by atoms with Crippen LogP contribution in [0.3, 0.4) is 0 Å². The minimum Gasteiger partial charge on any atom is -0.305 e. The molecule has 0 saturated heterocycles. The number of pyridine rings is 1. The fourth-order valence-corrected chi connectivity index (χ4v) is 6.12. The molecule has 0 N–H and O–H groups in total. The predicted octanol–water partition coefficient (Wildman–Crippen LogP) is 5.86. The molecule has 0 saturated carbocycles. The Labute approximate surface area is 222 Å². The van der Waals surface area contributed by atoms with E-state index in [4.69, 9.17) is 9.97 Å². The van der Waals surface area contributed by atoms with Crippen LogP contribution in [0.1, 0.15) is 30.2 Å². The van der Waals surface area contributed by atoms with Crippen molar-refractivity contribution in [2.24, 2.45) is 0 Å². The SMILES string of the molecule is CCc1nc2ccc(C3=CCN(S(C)(=O)=O)CC3)cn2c1N(C)c1nc(-c2ccc(C(F)(F)F)cc2)cs1. The molecule has 1 aliphatic rings. The monoisotopic (exact) mass is 561 g/mol. The third-order valence-corrected chi connectivity index (χ3v) is 8.80. The molecule has 0 spiro atoms. The van der Waals surface area contributed by atoms with Gasteiger partial charge in [-0.15, -0.1) is 11.3 Å². The smallest absolute Gasteiger partial charge is 0.305 e. The Balaban J connectivity index is 1.47. The van der Waals surface area contributed by atoms with E-state index in [0.717, 1.165) is 40.4 Å². The molecule has 7 nitrogen and oxygen atoms in total. The quantitative estimate of drug-likeness (QED) is 0.295. The number of thiazole rings is 1. The fraction of sp³-hybridized carbons (Fsp3) is 0.308. The Kier molecular flexibility index (Phi) is 6.82. The van der Waals surface area contributed by atoms with E-state index in [1.54, 1.807) is 0 Å². The molecule has 1 aromatic carbocycles. The van der Waals surface area contributed by atoms with Crippen LogP contribution in [0.15, 0.2) is 54.1 Å². The van der Waals surface area contributed by atoms with Crippen LogP contribution in [0, 0.1) is 0 Å². The van der Waals surface area contributed by atoms with Crippen LogP contribution in [-0.2, 0) is 22.6 Å². The van der Waals surface area contributed by atoms with Crippen molar-refractivity contribution in [1.29, 1.82) is 0 Å². The number of aromatic nitrogens is 3. The molecule has 0 amide bonds. The highest BCUT2D eigenvalue weighted by Gasteiger charge is 2.30. The van der Waals surface area contributed by atoms with E-state index in [2.05, 4.69) is 0 Å². The van der Waals surface area contributed by atoms with Gasteiger partial charge in [-0.2, -0.15) is 17.5 Å². The topological polar surface area (TPSA) is 70.8 Å². The van der Waals surface area contributed by atoms with E-state index in [9.17, 15) is 21.6 Å². The van der Waals surface area contributed by atoms with Crippen LogP contribution in [0.25, 0.3) is 22.5 Å². The van der Waals surface area contributed by atoms with Gasteiger partial charge in [0.1, 0.15) is 11.5 Å². The average Bonchev–Trinajstić information content (AvgIpc) is 3.52. The molecule has 3 aromatic heterocycles. The molecule has 0 aliphatic carbocycles. The van der Waals surface area contributed by atoms with E-state index in [0.29, 0.717) is 42.3 Å². The Bertz CT molecular complexity index is 1620. The van der Waals surface area contributed by atoms with E-state index in [1.165, 1.54) is 34.0 Å². The number of rotatable bonds is 6. The van der Waals surface area contributed by atoms with E-state index >= 15 is 0 Å². The first-order valence-electron chi connectivity index (χ1n) is 12.0. The fourth-order valence-electron chi connectivity index (χ4n) is 4.55. The Morgan fingerprint density at radius 2 is 1.79 bits per heavy atom. The van der Waals surface area contributed by atoms with Crippen LogP contribution >= 0.6 is 11.3 Å². The summed E-state index contributed by atoms with van der Waals surface area (Å²) >= 11 is 1.40. The number of hydrogen-bond acceptors (Lipinski definition) is 6. The maximum absolute atomic E-state index is 12.9. The molecule has 0 atom stereocenters. The highest BCUT2D eigenvalue weighted by molar-refractivity contribution is 7.88. The first-order valence-corrected chi connectivity index (χ1v) is 14.7. The van der Waals surface area contributed by atoms with Crippen molar-refractivity contribution in [2.45, 2.75) is 25.9 Å². The van der Waals surface area contributed by atoms with Crippen LogP contribution in [-0.4, -0.2) is 53.5 Å². The summed E-state index contributed by atoms with van der Waals surface area (Å²) in [6.07, 6.45) is 2.11. The van der Waals surface area contributed by atoms with Gasteiger partial charge in [-0.1, -0.05) is 25.1 Å². The van der Waals surface area contributed by atoms with Crippen LogP contribution in [0.2, 0.25) is 0 Å². The third kappa shape index (κ3) is 5.07. The van der Waals surface area contributed by atoms with Gasteiger partial charge >= 0.3 is 6.18 Å². The average molecular weight is 562 g/mol. The first-order chi connectivity index (χ1) is 18.0. The summed E-state index contributed by atoms with van der Waals surface area (Å²) in [7, 11) is -1.33. The third-order valence-electron chi connectivity index (χ3n) is 6.61. The number of alkyl halides is 3. The van der Waals surface area contributed by atoms with Gasteiger partial charge in [0.25, 0.3) is 0 Å². The zero-order valence-corrected chi connectivity index (χ0v) is 22.7. The van der Waals surface area contributed by atoms with Crippen LogP contribution in [0.5, 0.6) is 0 Å². The van der Waals surface area contributed by atoms with Crippen molar-refractivity contribution in [2.75, 3.05) is 31.3 Å². The van der Waals surface area contributed by atoms with Gasteiger partial charge in [0.15, 0.2) is 5.13 Å². The van der Waals surface area contributed by atoms with Gasteiger partial charge in [0.05, 0.1) is 23.2 Å². The van der Waals surface area contributed by atoms with Crippen molar-refractivity contribution >= 4 is 43.5 Å². The molecule has 5 rings (SSSR count). The Morgan fingerprint density at radius 3 is 2.39 bits per heavy atom. The van der Waals surface area contributed by atoms with Crippen molar-refractivity contribution in [3.63, 3.8) is 0 Å². The number of nitrogens with zero attached hydrogens (tertiary/aromatic N) is 5. The summed E-state index contributed by atoms with van der Waals surface area (Å²) in [5, 5.41) is 2.51. The molecule has 0 fully saturated rings. The molecule has 4 heterocycles. The zero-order chi connectivity index (χ0) is 27.2. The minimum atomic E-state index is -4.38. The molecule has 12 heteroatoms. The van der Waals surface area contributed by atoms with Crippen molar-refractivity contribution in [3.05, 3.63) is 70.9 Å². The highest BCUT2D eigenvalue weighted by atomic mass is 32.2. The van der Waals surface area contributed by atoms with Gasteiger partial charge in [-0.25, -0.2) is 18.4 Å². The number of aryl methyl sites for hydroxylation is 1. The molecule has 0 unspecified atom stereocenters. The molecule has 4 aromatic rings. The molecule has 200 valence electrons. The van der Waals surface area contributed by atoms with Crippen molar-refractivity contribution in [1.82, 2.24) is 18.7 Å². The van der Waals surface area contributed by atoms with E-state index in [1.807, 2.05) is 53.1 Å². The van der Waals surface area contributed by atoms with Crippen LogP contribution in [0.4, 0.5) is 24.1 Å². The van der Waals surface area contributed by atoms with Gasteiger partial charge in [-0.3, -0.25) is 4.40 Å². The van der Waals surface area contributed by atoms with Gasteiger partial charge in [-0.05, 0) is 48.2 Å². The molecule has 0 radical (unpaired) electrons. The zero-order valence-electron chi connectivity index (χ0n) is 21.0. The summed E-state index contributed by atoms with van der Waals surface area (Å²) < 4.78 is 66.0. The van der Waals surface area contributed by atoms with E-state index in [-0.39, 0.29) is 0 Å². The van der Waals surface area contributed by atoms with Crippen LogP contribution < -0.4 is 4.90 Å². The minimum absolute atomic E-state index is 0.342. The number of fused-ring (bicyclic) bond motifs is 1. The maximum Gasteiger partial charge on any atom is 0.416 e. The second-order valence-corrected chi connectivity index (χ2v) is 12.0. The molecule has 38 heavy (non-hydrogen) atoms. The normalized spacial score (nSPS) is 15.2. The van der Waals surface area contributed by atoms with Gasteiger partial charge in [0, 0.05) is 37.3 Å². The number of anilines is 2. The first kappa shape index (κ1) is 26.4. The standard InChI is InChI=1S/C26H26F3N5O2S2/c1-4-21-24(32(2)25-31-22(16-37-25)18-5-8-20(9-6-18)26(27,28)29)34-15-19(7-10-23(34)30-21)17-11-13-33(14-12-17)38(3,35)36/h5-11,15-16H,4,12-14H2,1-3H3. The molecular weight excluding hydrogens is 535 g/mol. The molecule has 1 aliphatic heterocycles. The lowest BCUT2D eigenvalue weighted by molar-refractivity contribution is -0.137. The molecule has 0 bridgehead atoms. The van der Waals surface area contributed by atoms with Crippen molar-refractivity contribution < 1.29 is 21.6 Å².